The Kier molecular flexibility index (Phi) is 9.89. The van der Waals surface area contributed by atoms with E-state index in [2.05, 4.69) is 13.8 Å². The van der Waals surface area contributed by atoms with E-state index in [1.807, 2.05) is 30.3 Å². The number of phenolic OH excluding ortho intramolecular Hbond substituents is 1. The van der Waals surface area contributed by atoms with Gasteiger partial charge >= 0.3 is 0 Å². The van der Waals surface area contributed by atoms with Crippen LogP contribution in [0, 0.1) is 0 Å². The van der Waals surface area contributed by atoms with Crippen LogP contribution in [-0.4, -0.2) is 18.0 Å². The molecule has 0 aliphatic carbocycles. The van der Waals surface area contributed by atoms with Crippen LogP contribution >= 0.6 is 0 Å². The van der Waals surface area contributed by atoms with Crippen LogP contribution in [-0.2, 0) is 27.5 Å². The molecule has 0 fully saturated rings. The van der Waals surface area contributed by atoms with Gasteiger partial charge in [-0.1, -0.05) is 102 Å². The van der Waals surface area contributed by atoms with Crippen LogP contribution in [0.15, 0.2) is 36.4 Å². The number of methoxy groups -OCH3 is 1. The molecule has 208 valence electrons. The Morgan fingerprint density at radius 3 is 2.26 bits per heavy atom. The van der Waals surface area contributed by atoms with Gasteiger partial charge in [-0.15, -0.1) is 0 Å². The van der Waals surface area contributed by atoms with E-state index >= 15 is 0 Å². The molecule has 0 saturated heterocycles. The number of fused-ring (bicyclic) bond motifs is 3. The molecule has 0 aromatic heterocycles. The SMILES string of the molecule is CCCCCCCCC(=O)c1cccc2c1C[C@]1(O2)O[C@@](CCCCCCCC)(OC)c2cccc(O)c21. The van der Waals surface area contributed by atoms with Gasteiger partial charge in [0, 0.05) is 43.1 Å². The molecule has 38 heavy (non-hydrogen) atoms. The highest BCUT2D eigenvalue weighted by Crippen LogP contribution is 2.58. The summed E-state index contributed by atoms with van der Waals surface area (Å²) in [5.41, 5.74) is 3.02. The minimum atomic E-state index is -1.21. The second-order valence-electron chi connectivity index (χ2n) is 11.0. The summed E-state index contributed by atoms with van der Waals surface area (Å²) in [6, 6.07) is 11.2. The van der Waals surface area contributed by atoms with E-state index in [-0.39, 0.29) is 11.5 Å². The zero-order valence-electron chi connectivity index (χ0n) is 23.7. The minimum Gasteiger partial charge on any atom is -0.507 e. The van der Waals surface area contributed by atoms with E-state index in [1.54, 1.807) is 13.2 Å². The molecule has 1 N–H and O–H groups in total. The molecular formula is C33H46O5. The quantitative estimate of drug-likeness (QED) is 0.176. The van der Waals surface area contributed by atoms with Crippen molar-refractivity contribution >= 4 is 5.78 Å². The maximum Gasteiger partial charge on any atom is 0.248 e. The van der Waals surface area contributed by atoms with E-state index in [4.69, 9.17) is 14.2 Å². The first kappa shape index (κ1) is 28.6. The van der Waals surface area contributed by atoms with Gasteiger partial charge in [0.25, 0.3) is 0 Å². The van der Waals surface area contributed by atoms with Gasteiger partial charge < -0.3 is 14.6 Å². The summed E-state index contributed by atoms with van der Waals surface area (Å²) in [4.78, 5) is 13.3. The molecule has 0 bridgehead atoms. The number of unbranched alkanes of at least 4 members (excludes halogenated alkanes) is 10. The summed E-state index contributed by atoms with van der Waals surface area (Å²) in [5, 5.41) is 11.0. The summed E-state index contributed by atoms with van der Waals surface area (Å²) in [7, 11) is 1.67. The molecule has 1 spiro atoms. The van der Waals surface area contributed by atoms with Crippen LogP contribution in [0.3, 0.4) is 0 Å². The highest BCUT2D eigenvalue weighted by molar-refractivity contribution is 5.98. The number of aromatic hydroxyl groups is 1. The van der Waals surface area contributed by atoms with Crippen LogP contribution < -0.4 is 4.74 Å². The van der Waals surface area contributed by atoms with Crippen LogP contribution in [0.1, 0.15) is 131 Å². The van der Waals surface area contributed by atoms with E-state index < -0.39 is 11.6 Å². The number of phenols is 1. The van der Waals surface area contributed by atoms with Crippen molar-refractivity contribution in [3.8, 4) is 11.5 Å². The average Bonchev–Trinajstić information content (AvgIpc) is 3.43. The Labute approximate surface area is 228 Å². The van der Waals surface area contributed by atoms with Crippen molar-refractivity contribution in [2.45, 2.75) is 122 Å². The van der Waals surface area contributed by atoms with Gasteiger partial charge in [0.1, 0.15) is 11.5 Å². The number of hydrogen-bond donors (Lipinski definition) is 1. The van der Waals surface area contributed by atoms with E-state index in [9.17, 15) is 9.90 Å². The number of ketones is 1. The third kappa shape index (κ3) is 5.94. The molecule has 0 radical (unpaired) electrons. The molecule has 2 atom stereocenters. The molecule has 2 aromatic rings. The molecule has 2 aliphatic heterocycles. The Bertz CT molecular complexity index is 1080. The van der Waals surface area contributed by atoms with Crippen LogP contribution in [0.5, 0.6) is 11.5 Å². The third-order valence-corrected chi connectivity index (χ3v) is 8.23. The van der Waals surface area contributed by atoms with Gasteiger partial charge in [0.15, 0.2) is 11.6 Å². The lowest BCUT2D eigenvalue weighted by atomic mass is 9.90. The number of carbonyl (C=O) groups excluding carboxylic acids is 1. The van der Waals surface area contributed by atoms with Crippen molar-refractivity contribution in [1.29, 1.82) is 0 Å². The fourth-order valence-electron chi connectivity index (χ4n) is 6.16. The number of rotatable bonds is 16. The molecule has 0 unspecified atom stereocenters. The van der Waals surface area contributed by atoms with Crippen LogP contribution in [0.25, 0.3) is 0 Å². The molecule has 2 aromatic carbocycles. The van der Waals surface area contributed by atoms with Crippen molar-refractivity contribution in [3.63, 3.8) is 0 Å². The Morgan fingerprint density at radius 2 is 1.55 bits per heavy atom. The van der Waals surface area contributed by atoms with E-state index in [1.165, 1.54) is 51.4 Å². The summed E-state index contributed by atoms with van der Waals surface area (Å²) in [6.07, 6.45) is 15.5. The van der Waals surface area contributed by atoms with Gasteiger partial charge in [-0.2, -0.15) is 0 Å². The summed E-state index contributed by atoms with van der Waals surface area (Å²) in [6.45, 7) is 4.44. The molecule has 0 saturated carbocycles. The first-order valence-corrected chi connectivity index (χ1v) is 14.9. The highest BCUT2D eigenvalue weighted by Gasteiger charge is 2.59. The lowest BCUT2D eigenvalue weighted by Gasteiger charge is -2.32. The van der Waals surface area contributed by atoms with E-state index in [0.29, 0.717) is 36.1 Å². The van der Waals surface area contributed by atoms with Gasteiger partial charge in [0.2, 0.25) is 5.79 Å². The summed E-state index contributed by atoms with van der Waals surface area (Å²) >= 11 is 0. The number of ether oxygens (including phenoxy) is 3. The van der Waals surface area contributed by atoms with Crippen molar-refractivity contribution in [1.82, 2.24) is 0 Å². The maximum atomic E-state index is 13.3. The van der Waals surface area contributed by atoms with Gasteiger partial charge in [0.05, 0.1) is 5.56 Å². The summed E-state index contributed by atoms with van der Waals surface area (Å²) < 4.78 is 19.4. The van der Waals surface area contributed by atoms with Gasteiger partial charge in [-0.3, -0.25) is 9.53 Å². The molecule has 4 rings (SSSR count). The predicted octanol–water partition coefficient (Wildman–Crippen LogP) is 8.69. The first-order chi connectivity index (χ1) is 18.5. The van der Waals surface area contributed by atoms with E-state index in [0.717, 1.165) is 36.8 Å². The smallest absolute Gasteiger partial charge is 0.248 e. The second kappa shape index (κ2) is 13.1. The van der Waals surface area contributed by atoms with Crippen molar-refractivity contribution < 1.29 is 24.1 Å². The zero-order chi connectivity index (χ0) is 27.0. The molecule has 5 nitrogen and oxygen atoms in total. The standard InChI is InChI=1S/C33H46O5/c1-4-6-8-10-12-14-20-28(34)25-18-16-22-30-26(25)24-33(37-30)31-27(19-17-21-29(31)35)32(36-3,38-33)23-15-13-11-9-7-5-2/h16-19,21-22,35H,4-15,20,23-24H2,1-3H3/t32-,33+/m1/s1. The monoisotopic (exact) mass is 522 g/mol. The lowest BCUT2D eigenvalue weighted by Crippen LogP contribution is -2.37. The number of benzene rings is 2. The third-order valence-electron chi connectivity index (χ3n) is 8.23. The van der Waals surface area contributed by atoms with Crippen molar-refractivity contribution in [2.75, 3.05) is 7.11 Å². The minimum absolute atomic E-state index is 0.136. The van der Waals surface area contributed by atoms with Crippen LogP contribution in [0.4, 0.5) is 0 Å². The van der Waals surface area contributed by atoms with Gasteiger partial charge in [-0.05, 0) is 25.0 Å². The maximum absolute atomic E-state index is 13.3. The average molecular weight is 523 g/mol. The predicted molar refractivity (Wildman–Crippen MR) is 151 cm³/mol. The number of carbonyl (C=O) groups is 1. The van der Waals surface area contributed by atoms with Crippen molar-refractivity contribution in [3.05, 3.63) is 58.7 Å². The van der Waals surface area contributed by atoms with Crippen molar-refractivity contribution in [2.24, 2.45) is 0 Å². The number of Topliss-reactive ketones (excluding diaryl/α,β-unsaturated/α-hetero) is 1. The molecule has 2 heterocycles. The number of hydrogen-bond acceptors (Lipinski definition) is 5. The molecule has 2 aliphatic rings. The largest absolute Gasteiger partial charge is 0.507 e. The Morgan fingerprint density at radius 1 is 0.895 bits per heavy atom. The Balaban J connectivity index is 1.52. The van der Waals surface area contributed by atoms with Gasteiger partial charge in [-0.25, -0.2) is 0 Å². The zero-order valence-corrected chi connectivity index (χ0v) is 23.7. The molecule has 0 amide bonds. The lowest BCUT2D eigenvalue weighted by molar-refractivity contribution is -0.323. The fraction of sp³-hybridized carbons (Fsp3) is 0.606. The Hall–Kier alpha value is -2.37. The molecule has 5 heteroatoms. The normalized spacial score (nSPS) is 21.4. The highest BCUT2D eigenvalue weighted by atomic mass is 16.8. The van der Waals surface area contributed by atoms with Crippen LogP contribution in [0.2, 0.25) is 0 Å². The first-order valence-electron chi connectivity index (χ1n) is 14.9. The second-order valence-corrected chi connectivity index (χ2v) is 11.0. The molecular weight excluding hydrogens is 476 g/mol. The summed E-state index contributed by atoms with van der Waals surface area (Å²) in [5.74, 6) is -1.27. The topological polar surface area (TPSA) is 65.0 Å². The fourth-order valence-corrected chi connectivity index (χ4v) is 6.16.